The van der Waals surface area contributed by atoms with Crippen LogP contribution in [0.2, 0.25) is 0 Å². The van der Waals surface area contributed by atoms with Crippen LogP contribution in [0.5, 0.6) is 11.5 Å². The average Bonchev–Trinajstić information content (AvgIpc) is 3.45. The predicted octanol–water partition coefficient (Wildman–Crippen LogP) is 6.40. The van der Waals surface area contributed by atoms with Gasteiger partial charge in [-0.2, -0.15) is 4.98 Å². The van der Waals surface area contributed by atoms with E-state index in [1.54, 1.807) is 66.1 Å². The van der Waals surface area contributed by atoms with E-state index >= 15 is 0 Å². The Labute approximate surface area is 216 Å². The Hall–Kier alpha value is -3.82. The maximum Gasteiger partial charge on any atom is 0.268 e. The zero-order valence-electron chi connectivity index (χ0n) is 21.3. The van der Waals surface area contributed by atoms with Crippen LogP contribution in [-0.2, 0) is 12.6 Å². The molecule has 5 aromatic rings. The van der Waals surface area contributed by atoms with Crippen molar-refractivity contribution in [3.63, 3.8) is 0 Å². The van der Waals surface area contributed by atoms with Crippen LogP contribution in [0, 0.1) is 26.6 Å². The van der Waals surface area contributed by atoms with Crippen molar-refractivity contribution in [1.29, 1.82) is 0 Å². The van der Waals surface area contributed by atoms with E-state index in [0.717, 1.165) is 10.3 Å². The van der Waals surface area contributed by atoms with Crippen LogP contribution in [0.25, 0.3) is 32.0 Å². The standard InChI is InChI=1S/C28H26FN3O4S/c1-14-9-18(29)10-15(2)24(14)35-22-8-7-17(28(4,5)34)11-19(22)21-13-32(6)27(33)20-12-23(37-25(20)21)26-30-16(3)31-36-26/h7-13,34H,1-6H3. The summed E-state index contributed by atoms with van der Waals surface area (Å²) in [4.78, 5) is 18.1. The number of aryl methyl sites for hydroxylation is 4. The van der Waals surface area contributed by atoms with Gasteiger partial charge in [-0.15, -0.1) is 11.3 Å². The molecule has 0 saturated carbocycles. The Balaban J connectivity index is 1.77. The normalized spacial score (nSPS) is 11.9. The van der Waals surface area contributed by atoms with Crippen molar-refractivity contribution >= 4 is 21.4 Å². The summed E-state index contributed by atoms with van der Waals surface area (Å²) in [6, 6.07) is 10.1. The van der Waals surface area contributed by atoms with Gasteiger partial charge in [-0.25, -0.2) is 4.39 Å². The van der Waals surface area contributed by atoms with Crippen LogP contribution >= 0.6 is 11.3 Å². The molecule has 2 aromatic carbocycles. The van der Waals surface area contributed by atoms with Crippen molar-refractivity contribution in [3.8, 4) is 33.4 Å². The minimum atomic E-state index is -1.11. The number of rotatable bonds is 5. The van der Waals surface area contributed by atoms with Crippen LogP contribution in [0.15, 0.2) is 51.9 Å². The van der Waals surface area contributed by atoms with Gasteiger partial charge in [0.05, 0.1) is 20.6 Å². The number of aliphatic hydroxyl groups is 1. The molecule has 0 unspecified atom stereocenters. The summed E-state index contributed by atoms with van der Waals surface area (Å²) in [6.07, 6.45) is 1.75. The van der Waals surface area contributed by atoms with Crippen molar-refractivity contribution in [2.75, 3.05) is 0 Å². The molecular formula is C28H26FN3O4S. The van der Waals surface area contributed by atoms with Gasteiger partial charge in [0.15, 0.2) is 5.82 Å². The Morgan fingerprint density at radius 3 is 2.41 bits per heavy atom. The lowest BCUT2D eigenvalue weighted by molar-refractivity contribution is 0.0786. The molecule has 3 aromatic heterocycles. The Morgan fingerprint density at radius 1 is 1.08 bits per heavy atom. The highest BCUT2D eigenvalue weighted by Crippen LogP contribution is 2.43. The molecular weight excluding hydrogens is 493 g/mol. The number of pyridine rings is 1. The van der Waals surface area contributed by atoms with Crippen molar-refractivity contribution in [3.05, 3.63) is 81.3 Å². The minimum absolute atomic E-state index is 0.163. The molecule has 0 saturated heterocycles. The molecule has 0 aliphatic rings. The first-order chi connectivity index (χ1) is 17.4. The number of ether oxygens (including phenoxy) is 1. The molecule has 0 aliphatic heterocycles. The van der Waals surface area contributed by atoms with Crippen LogP contribution in [0.4, 0.5) is 4.39 Å². The maximum atomic E-state index is 13.9. The second-order valence-electron chi connectivity index (χ2n) is 9.70. The largest absolute Gasteiger partial charge is 0.456 e. The number of nitrogens with zero attached hydrogens (tertiary/aromatic N) is 3. The summed E-state index contributed by atoms with van der Waals surface area (Å²) < 4.78 is 27.9. The number of fused-ring (bicyclic) bond motifs is 1. The molecule has 9 heteroatoms. The number of hydrogen-bond acceptors (Lipinski definition) is 7. The van der Waals surface area contributed by atoms with E-state index in [1.165, 1.54) is 28.0 Å². The van der Waals surface area contributed by atoms with E-state index in [1.807, 2.05) is 6.07 Å². The lowest BCUT2D eigenvalue weighted by atomic mass is 9.93. The zero-order valence-corrected chi connectivity index (χ0v) is 22.2. The van der Waals surface area contributed by atoms with Gasteiger partial charge in [0.25, 0.3) is 11.4 Å². The average molecular weight is 520 g/mol. The summed E-state index contributed by atoms with van der Waals surface area (Å²) >= 11 is 1.37. The summed E-state index contributed by atoms with van der Waals surface area (Å²) in [5.74, 6) is 1.56. The lowest BCUT2D eigenvalue weighted by Crippen LogP contribution is -2.17. The number of thiophene rings is 1. The highest BCUT2D eigenvalue weighted by Gasteiger charge is 2.23. The minimum Gasteiger partial charge on any atom is -0.456 e. The maximum absolute atomic E-state index is 13.9. The molecule has 0 amide bonds. The molecule has 190 valence electrons. The predicted molar refractivity (Wildman–Crippen MR) is 142 cm³/mol. The molecule has 0 aliphatic carbocycles. The van der Waals surface area contributed by atoms with E-state index in [4.69, 9.17) is 9.26 Å². The summed E-state index contributed by atoms with van der Waals surface area (Å²) in [5, 5.41) is 15.1. The molecule has 0 spiro atoms. The van der Waals surface area contributed by atoms with E-state index < -0.39 is 5.60 Å². The lowest BCUT2D eigenvalue weighted by Gasteiger charge is -2.22. The molecule has 5 rings (SSSR count). The Kier molecular flexibility index (Phi) is 6.00. The van der Waals surface area contributed by atoms with Crippen LogP contribution < -0.4 is 10.3 Å². The van der Waals surface area contributed by atoms with E-state index in [9.17, 15) is 14.3 Å². The number of benzene rings is 2. The molecule has 0 radical (unpaired) electrons. The number of halogens is 1. The number of aromatic nitrogens is 3. The summed E-state index contributed by atoms with van der Waals surface area (Å²) in [5.41, 5.74) is 2.13. The van der Waals surface area contributed by atoms with E-state index in [-0.39, 0.29) is 11.4 Å². The highest BCUT2D eigenvalue weighted by molar-refractivity contribution is 7.22. The third-order valence-electron chi connectivity index (χ3n) is 6.20. The first kappa shape index (κ1) is 24.9. The smallest absolute Gasteiger partial charge is 0.268 e. The Bertz CT molecular complexity index is 1700. The molecule has 7 nitrogen and oxygen atoms in total. The molecule has 1 N–H and O–H groups in total. The topological polar surface area (TPSA) is 90.4 Å². The van der Waals surface area contributed by atoms with Crippen molar-refractivity contribution in [1.82, 2.24) is 14.7 Å². The van der Waals surface area contributed by atoms with Gasteiger partial charge in [-0.1, -0.05) is 11.2 Å². The second-order valence-corrected chi connectivity index (χ2v) is 10.8. The van der Waals surface area contributed by atoms with Crippen molar-refractivity contribution in [2.45, 2.75) is 40.2 Å². The third-order valence-corrected chi connectivity index (χ3v) is 7.36. The quantitative estimate of drug-likeness (QED) is 0.289. The monoisotopic (exact) mass is 519 g/mol. The first-order valence-electron chi connectivity index (χ1n) is 11.7. The summed E-state index contributed by atoms with van der Waals surface area (Å²) in [7, 11) is 1.69. The van der Waals surface area contributed by atoms with Crippen molar-refractivity contribution in [2.24, 2.45) is 7.05 Å². The van der Waals surface area contributed by atoms with Gasteiger partial charge >= 0.3 is 0 Å². The Morgan fingerprint density at radius 2 is 1.78 bits per heavy atom. The van der Waals surface area contributed by atoms with Gasteiger partial charge in [0.1, 0.15) is 17.3 Å². The fourth-order valence-corrected chi connectivity index (χ4v) is 5.42. The molecule has 0 atom stereocenters. The molecule has 0 fully saturated rings. The highest BCUT2D eigenvalue weighted by atomic mass is 32.1. The molecule has 0 bridgehead atoms. The van der Waals surface area contributed by atoms with Crippen LogP contribution in [-0.4, -0.2) is 19.8 Å². The van der Waals surface area contributed by atoms with Gasteiger partial charge in [-0.3, -0.25) is 4.79 Å². The fraction of sp³-hybridized carbons (Fsp3) is 0.250. The third kappa shape index (κ3) is 4.56. The first-order valence-corrected chi connectivity index (χ1v) is 12.5. The SMILES string of the molecule is Cc1noc(-c2cc3c(=O)n(C)cc(-c4cc(C(C)(C)O)ccc4Oc4c(C)cc(F)cc4C)c3s2)n1. The van der Waals surface area contributed by atoms with Gasteiger partial charge in [0.2, 0.25) is 0 Å². The van der Waals surface area contributed by atoms with Crippen LogP contribution in [0.3, 0.4) is 0 Å². The van der Waals surface area contributed by atoms with Gasteiger partial charge in [0, 0.05) is 24.4 Å². The zero-order chi connectivity index (χ0) is 26.6. The van der Waals surface area contributed by atoms with Crippen LogP contribution in [0.1, 0.15) is 36.4 Å². The van der Waals surface area contributed by atoms with Gasteiger partial charge in [-0.05, 0) is 81.6 Å². The molecule has 3 heterocycles. The molecule has 37 heavy (non-hydrogen) atoms. The second kappa shape index (κ2) is 8.93. The number of hydrogen-bond donors (Lipinski definition) is 1. The fourth-order valence-electron chi connectivity index (χ4n) is 4.32. The van der Waals surface area contributed by atoms with Gasteiger partial charge < -0.3 is 18.9 Å². The van der Waals surface area contributed by atoms with E-state index in [2.05, 4.69) is 10.1 Å². The van der Waals surface area contributed by atoms with E-state index in [0.29, 0.717) is 55.7 Å². The van der Waals surface area contributed by atoms with Crippen molar-refractivity contribution < 1.29 is 18.8 Å². The summed E-state index contributed by atoms with van der Waals surface area (Å²) in [6.45, 7) is 8.73.